The third-order valence-corrected chi connectivity index (χ3v) is 6.38. The average Bonchev–Trinajstić information content (AvgIpc) is 2.95. The lowest BCUT2D eigenvalue weighted by Crippen LogP contribution is -2.27. The lowest BCUT2D eigenvalue weighted by atomic mass is 10.2. The van der Waals surface area contributed by atoms with Gasteiger partial charge in [0.1, 0.15) is 10.1 Å². The predicted molar refractivity (Wildman–Crippen MR) is 124 cm³/mol. The van der Waals surface area contributed by atoms with Crippen LogP contribution < -0.4 is 4.74 Å². The van der Waals surface area contributed by atoms with Crippen molar-refractivity contribution >= 4 is 63.6 Å². The second-order valence-corrected chi connectivity index (χ2v) is 9.08. The van der Waals surface area contributed by atoms with Gasteiger partial charge in [0.15, 0.2) is 0 Å². The minimum atomic E-state index is -0.0828. The molecule has 28 heavy (non-hydrogen) atoms. The van der Waals surface area contributed by atoms with E-state index in [1.807, 2.05) is 54.6 Å². The molecule has 1 aliphatic heterocycles. The topological polar surface area (TPSA) is 29.5 Å². The summed E-state index contributed by atoms with van der Waals surface area (Å²) in [6.45, 7) is 4.67. The quantitative estimate of drug-likeness (QED) is 0.165. The van der Waals surface area contributed by atoms with Gasteiger partial charge in [-0.3, -0.25) is 9.69 Å². The van der Waals surface area contributed by atoms with Gasteiger partial charge in [0, 0.05) is 22.2 Å². The van der Waals surface area contributed by atoms with Gasteiger partial charge in [-0.1, -0.05) is 53.8 Å². The molecule has 3 rings (SSSR count). The van der Waals surface area contributed by atoms with Crippen LogP contribution in [-0.2, 0) is 4.79 Å². The Morgan fingerprint density at radius 2 is 2.04 bits per heavy atom. The van der Waals surface area contributed by atoms with Gasteiger partial charge < -0.3 is 4.74 Å². The van der Waals surface area contributed by atoms with Crippen molar-refractivity contribution < 1.29 is 9.53 Å². The van der Waals surface area contributed by atoms with Crippen LogP contribution >= 0.6 is 47.3 Å². The fraction of sp³-hybridized carbons (Fsp3) is 0.143. The van der Waals surface area contributed by atoms with Gasteiger partial charge in [-0.25, -0.2) is 0 Å². The van der Waals surface area contributed by atoms with Crippen molar-refractivity contribution in [3.8, 4) is 5.75 Å². The zero-order valence-corrected chi connectivity index (χ0v) is 18.2. The number of amides is 1. The SMILES string of the molecule is C=CCN1C(=O)C(=Cc2cccc(OCCSc3ccc(Cl)cc3)c2)SC1=S. The number of ether oxygens (including phenoxy) is 1. The van der Waals surface area contributed by atoms with Crippen molar-refractivity contribution in [2.75, 3.05) is 18.9 Å². The number of carbonyl (C=O) groups is 1. The minimum absolute atomic E-state index is 0.0828. The second kappa shape index (κ2) is 10.2. The van der Waals surface area contributed by atoms with Crippen molar-refractivity contribution in [2.45, 2.75) is 4.90 Å². The van der Waals surface area contributed by atoms with E-state index in [0.29, 0.717) is 22.4 Å². The highest BCUT2D eigenvalue weighted by Crippen LogP contribution is 2.32. The van der Waals surface area contributed by atoms with E-state index in [1.165, 1.54) is 11.8 Å². The van der Waals surface area contributed by atoms with Crippen LogP contribution in [0.3, 0.4) is 0 Å². The van der Waals surface area contributed by atoms with E-state index in [1.54, 1.807) is 22.7 Å². The van der Waals surface area contributed by atoms with Crippen molar-refractivity contribution in [1.82, 2.24) is 4.90 Å². The molecule has 3 nitrogen and oxygen atoms in total. The third-order valence-electron chi connectivity index (χ3n) is 3.78. The second-order valence-electron chi connectivity index (χ2n) is 5.80. The Hall–Kier alpha value is -1.73. The van der Waals surface area contributed by atoms with Crippen LogP contribution in [0, 0.1) is 0 Å². The molecule has 1 saturated heterocycles. The van der Waals surface area contributed by atoms with E-state index in [9.17, 15) is 4.79 Å². The van der Waals surface area contributed by atoms with E-state index in [2.05, 4.69) is 6.58 Å². The van der Waals surface area contributed by atoms with E-state index < -0.39 is 0 Å². The molecule has 144 valence electrons. The number of hydrogen-bond donors (Lipinski definition) is 0. The van der Waals surface area contributed by atoms with Crippen molar-refractivity contribution in [3.63, 3.8) is 0 Å². The highest BCUT2D eigenvalue weighted by molar-refractivity contribution is 8.26. The summed E-state index contributed by atoms with van der Waals surface area (Å²) in [7, 11) is 0. The molecule has 0 N–H and O–H groups in total. The first-order valence-electron chi connectivity index (χ1n) is 8.54. The largest absolute Gasteiger partial charge is 0.493 e. The Balaban J connectivity index is 1.56. The molecule has 0 aromatic heterocycles. The van der Waals surface area contributed by atoms with Gasteiger partial charge in [-0.05, 0) is 48.0 Å². The molecule has 0 radical (unpaired) electrons. The fourth-order valence-corrected chi connectivity index (χ4v) is 4.61. The maximum Gasteiger partial charge on any atom is 0.266 e. The van der Waals surface area contributed by atoms with Gasteiger partial charge >= 0.3 is 0 Å². The molecule has 7 heteroatoms. The molecule has 0 bridgehead atoms. The van der Waals surface area contributed by atoms with E-state index >= 15 is 0 Å². The summed E-state index contributed by atoms with van der Waals surface area (Å²) in [4.78, 5) is 15.7. The summed E-state index contributed by atoms with van der Waals surface area (Å²) >= 11 is 14.2. The highest BCUT2D eigenvalue weighted by atomic mass is 35.5. The minimum Gasteiger partial charge on any atom is -0.493 e. The highest BCUT2D eigenvalue weighted by Gasteiger charge is 2.30. The maximum absolute atomic E-state index is 12.4. The Kier molecular flexibility index (Phi) is 7.62. The normalized spacial score (nSPS) is 15.3. The first-order valence-corrected chi connectivity index (χ1v) is 11.1. The molecule has 1 aliphatic rings. The molecule has 2 aromatic carbocycles. The number of nitrogens with zero attached hydrogens (tertiary/aromatic N) is 1. The van der Waals surface area contributed by atoms with Crippen LogP contribution in [0.5, 0.6) is 5.75 Å². The zero-order chi connectivity index (χ0) is 19.9. The summed E-state index contributed by atoms with van der Waals surface area (Å²) < 4.78 is 6.41. The Morgan fingerprint density at radius 3 is 2.79 bits per heavy atom. The Bertz CT molecular complexity index is 912. The summed E-state index contributed by atoms with van der Waals surface area (Å²) in [5, 5.41) is 0.735. The van der Waals surface area contributed by atoms with Crippen LogP contribution in [0.4, 0.5) is 0 Å². The lowest BCUT2D eigenvalue weighted by molar-refractivity contribution is -0.121. The number of thioether (sulfide) groups is 2. The molecule has 1 fully saturated rings. The Labute approximate surface area is 183 Å². The maximum atomic E-state index is 12.4. The number of benzene rings is 2. The number of halogens is 1. The fourth-order valence-electron chi connectivity index (χ4n) is 2.48. The summed E-state index contributed by atoms with van der Waals surface area (Å²) in [5.41, 5.74) is 0.905. The molecule has 2 aromatic rings. The summed E-state index contributed by atoms with van der Waals surface area (Å²) in [6.07, 6.45) is 3.52. The van der Waals surface area contributed by atoms with Gasteiger partial charge in [-0.2, -0.15) is 0 Å². The molecular weight excluding hydrogens is 430 g/mol. The Morgan fingerprint density at radius 1 is 1.25 bits per heavy atom. The molecule has 0 saturated carbocycles. The number of carbonyl (C=O) groups excluding carboxylic acids is 1. The van der Waals surface area contributed by atoms with Gasteiger partial charge in [0.05, 0.1) is 11.5 Å². The van der Waals surface area contributed by atoms with Gasteiger partial charge in [0.2, 0.25) is 0 Å². The lowest BCUT2D eigenvalue weighted by Gasteiger charge is -2.10. The van der Waals surface area contributed by atoms with E-state index in [-0.39, 0.29) is 5.91 Å². The molecule has 0 unspecified atom stereocenters. The predicted octanol–water partition coefficient (Wildman–Crippen LogP) is 5.90. The van der Waals surface area contributed by atoms with Crippen LogP contribution in [0.15, 0.2) is 71.0 Å². The van der Waals surface area contributed by atoms with Crippen molar-refractivity contribution in [2.24, 2.45) is 0 Å². The van der Waals surface area contributed by atoms with Crippen molar-refractivity contribution in [3.05, 3.63) is 76.7 Å². The smallest absolute Gasteiger partial charge is 0.266 e. The van der Waals surface area contributed by atoms with Gasteiger partial charge in [0.25, 0.3) is 5.91 Å². The zero-order valence-electron chi connectivity index (χ0n) is 15.0. The van der Waals surface area contributed by atoms with E-state index in [4.69, 9.17) is 28.6 Å². The molecule has 0 spiro atoms. The summed E-state index contributed by atoms with van der Waals surface area (Å²) in [5.74, 6) is 1.51. The molecular formula is C21H18ClNO2S3. The first kappa shape index (κ1) is 21.0. The number of rotatable bonds is 8. The van der Waals surface area contributed by atoms with Crippen molar-refractivity contribution in [1.29, 1.82) is 0 Å². The van der Waals surface area contributed by atoms with Crippen LogP contribution in [0.1, 0.15) is 5.56 Å². The van der Waals surface area contributed by atoms with E-state index in [0.717, 1.165) is 27.0 Å². The standard InChI is InChI=1S/C21H18ClNO2S3/c1-2-10-23-20(24)19(28-21(23)26)14-15-4-3-5-17(13-15)25-11-12-27-18-8-6-16(22)7-9-18/h2-9,13-14H,1,10-12H2. The monoisotopic (exact) mass is 447 g/mol. The molecule has 0 aliphatic carbocycles. The van der Waals surface area contributed by atoms with Crippen LogP contribution in [0.25, 0.3) is 6.08 Å². The average molecular weight is 448 g/mol. The summed E-state index contributed by atoms with van der Waals surface area (Å²) in [6, 6.07) is 15.4. The number of hydrogen-bond acceptors (Lipinski definition) is 5. The third kappa shape index (κ3) is 5.64. The molecule has 0 atom stereocenters. The first-order chi connectivity index (χ1) is 13.6. The number of thiocarbonyl (C=S) groups is 1. The van der Waals surface area contributed by atoms with Crippen LogP contribution in [-0.4, -0.2) is 34.0 Å². The van der Waals surface area contributed by atoms with Gasteiger partial charge in [-0.15, -0.1) is 18.3 Å². The van der Waals surface area contributed by atoms with Crippen LogP contribution in [0.2, 0.25) is 5.02 Å². The molecule has 1 amide bonds. The molecule has 1 heterocycles.